The maximum atomic E-state index is 12.5. The molecule has 0 bridgehead atoms. The van der Waals surface area contributed by atoms with Crippen LogP contribution in [-0.4, -0.2) is 37.8 Å². The van der Waals surface area contributed by atoms with Gasteiger partial charge in [0.1, 0.15) is 4.90 Å². The average Bonchev–Trinajstić information content (AvgIpc) is 2.84. The van der Waals surface area contributed by atoms with Crippen LogP contribution < -0.4 is 10.0 Å². The molecule has 1 aliphatic rings. The van der Waals surface area contributed by atoms with Gasteiger partial charge in [-0.3, -0.25) is 4.68 Å². The fourth-order valence-corrected chi connectivity index (χ4v) is 4.10. The van der Waals surface area contributed by atoms with E-state index in [9.17, 15) is 8.42 Å². The first-order valence-electron chi connectivity index (χ1n) is 7.72. The predicted octanol–water partition coefficient (Wildman–Crippen LogP) is 1.35. The van der Waals surface area contributed by atoms with Gasteiger partial charge in [-0.25, -0.2) is 13.1 Å². The molecule has 0 aromatic carbocycles. The predicted molar refractivity (Wildman–Crippen MR) is 82.5 cm³/mol. The van der Waals surface area contributed by atoms with E-state index >= 15 is 0 Å². The minimum Gasteiger partial charge on any atom is -0.318 e. The van der Waals surface area contributed by atoms with E-state index in [2.05, 4.69) is 22.1 Å². The molecule has 1 aromatic rings. The third-order valence-electron chi connectivity index (χ3n) is 4.18. The molecule has 1 heterocycles. The van der Waals surface area contributed by atoms with Crippen molar-refractivity contribution in [2.45, 2.75) is 56.5 Å². The van der Waals surface area contributed by atoms with Gasteiger partial charge < -0.3 is 5.32 Å². The highest BCUT2D eigenvalue weighted by atomic mass is 32.2. The van der Waals surface area contributed by atoms with Gasteiger partial charge in [-0.05, 0) is 25.8 Å². The van der Waals surface area contributed by atoms with Gasteiger partial charge in [0.25, 0.3) is 0 Å². The Morgan fingerprint density at radius 3 is 2.86 bits per heavy atom. The van der Waals surface area contributed by atoms with Crippen molar-refractivity contribution in [1.82, 2.24) is 19.8 Å². The summed E-state index contributed by atoms with van der Waals surface area (Å²) >= 11 is 0. The van der Waals surface area contributed by atoms with Crippen molar-refractivity contribution in [2.24, 2.45) is 5.92 Å². The summed E-state index contributed by atoms with van der Waals surface area (Å²) in [6.45, 7) is 3.55. The molecule has 1 saturated carbocycles. The van der Waals surface area contributed by atoms with Gasteiger partial charge in [0.15, 0.2) is 0 Å². The van der Waals surface area contributed by atoms with Crippen LogP contribution in [0.2, 0.25) is 0 Å². The number of likely N-dealkylation sites (N-methyl/N-ethyl adjacent to an activating group) is 1. The second kappa shape index (κ2) is 7.38. The number of sulfonamides is 1. The number of hydrogen-bond donors (Lipinski definition) is 2. The van der Waals surface area contributed by atoms with Gasteiger partial charge in [-0.15, -0.1) is 0 Å². The summed E-state index contributed by atoms with van der Waals surface area (Å²) in [5.74, 6) is 0.390. The number of aromatic nitrogens is 2. The summed E-state index contributed by atoms with van der Waals surface area (Å²) in [7, 11) is -1.61. The van der Waals surface area contributed by atoms with Crippen molar-refractivity contribution in [1.29, 1.82) is 0 Å². The molecule has 0 saturated heterocycles. The minimum absolute atomic E-state index is 0.0400. The molecule has 1 aromatic heterocycles. The molecule has 0 amide bonds. The largest absolute Gasteiger partial charge is 0.318 e. The number of nitrogens with one attached hydrogen (secondary N) is 2. The zero-order chi connectivity index (χ0) is 15.3. The van der Waals surface area contributed by atoms with E-state index in [1.54, 1.807) is 10.9 Å². The third kappa shape index (κ3) is 4.52. The van der Waals surface area contributed by atoms with Crippen LogP contribution in [0.1, 0.15) is 39.0 Å². The molecule has 2 N–H and O–H groups in total. The van der Waals surface area contributed by atoms with Crippen molar-refractivity contribution in [2.75, 3.05) is 13.6 Å². The van der Waals surface area contributed by atoms with Crippen molar-refractivity contribution < 1.29 is 8.42 Å². The Balaban J connectivity index is 2.04. The summed E-state index contributed by atoms with van der Waals surface area (Å²) < 4.78 is 29.5. The van der Waals surface area contributed by atoms with Gasteiger partial charge in [-0.1, -0.05) is 26.2 Å². The normalized spacial score (nSPS) is 23.9. The maximum absolute atomic E-state index is 12.5. The zero-order valence-electron chi connectivity index (χ0n) is 12.9. The number of nitrogens with zero attached hydrogens (tertiary/aromatic N) is 2. The fraction of sp³-hybridized carbons (Fsp3) is 0.786. The lowest BCUT2D eigenvalue weighted by molar-refractivity contribution is 0.399. The Labute approximate surface area is 127 Å². The molecule has 0 radical (unpaired) electrons. The first-order chi connectivity index (χ1) is 10.0. The van der Waals surface area contributed by atoms with Crippen LogP contribution in [0.4, 0.5) is 0 Å². The highest BCUT2D eigenvalue weighted by molar-refractivity contribution is 7.89. The molecule has 120 valence electrons. The van der Waals surface area contributed by atoms with Crippen LogP contribution in [0.5, 0.6) is 0 Å². The lowest BCUT2D eigenvalue weighted by atomic mass is 9.98. The van der Waals surface area contributed by atoms with Crippen molar-refractivity contribution in [3.63, 3.8) is 0 Å². The summed E-state index contributed by atoms with van der Waals surface area (Å²) in [4.78, 5) is 0.259. The molecule has 6 nitrogen and oxygen atoms in total. The molecule has 2 rings (SSSR count). The molecular weight excluding hydrogens is 288 g/mol. The molecule has 2 atom stereocenters. The highest BCUT2D eigenvalue weighted by Gasteiger charge is 2.26. The molecule has 0 aliphatic heterocycles. The van der Waals surface area contributed by atoms with Crippen LogP contribution in [0.25, 0.3) is 0 Å². The molecule has 21 heavy (non-hydrogen) atoms. The van der Waals surface area contributed by atoms with Gasteiger partial charge >= 0.3 is 0 Å². The summed E-state index contributed by atoms with van der Waals surface area (Å²) in [6.07, 6.45) is 8.54. The second-order valence-corrected chi connectivity index (χ2v) is 7.60. The molecule has 1 fully saturated rings. The van der Waals surface area contributed by atoms with E-state index < -0.39 is 10.0 Å². The Hall–Kier alpha value is -0.920. The number of hydrogen-bond acceptors (Lipinski definition) is 4. The lowest BCUT2D eigenvalue weighted by Crippen LogP contribution is -2.38. The van der Waals surface area contributed by atoms with Crippen LogP contribution in [0, 0.1) is 5.92 Å². The van der Waals surface area contributed by atoms with E-state index in [4.69, 9.17) is 0 Å². The molecular formula is C14H26N4O2S. The summed E-state index contributed by atoms with van der Waals surface area (Å²) in [6, 6.07) is 0.0400. The van der Waals surface area contributed by atoms with E-state index in [1.807, 2.05) is 7.05 Å². The lowest BCUT2D eigenvalue weighted by Gasteiger charge is -2.22. The quantitative estimate of drug-likeness (QED) is 0.777. The second-order valence-electron chi connectivity index (χ2n) is 5.89. The van der Waals surface area contributed by atoms with E-state index in [0.29, 0.717) is 12.5 Å². The van der Waals surface area contributed by atoms with Crippen LogP contribution in [0.15, 0.2) is 17.3 Å². The third-order valence-corrected chi connectivity index (χ3v) is 5.62. The first kappa shape index (κ1) is 16.5. The molecule has 0 spiro atoms. The zero-order valence-corrected chi connectivity index (χ0v) is 13.7. The Morgan fingerprint density at radius 2 is 2.10 bits per heavy atom. The van der Waals surface area contributed by atoms with Crippen molar-refractivity contribution in [3.8, 4) is 0 Å². The van der Waals surface area contributed by atoms with Crippen molar-refractivity contribution >= 4 is 10.0 Å². The van der Waals surface area contributed by atoms with Crippen molar-refractivity contribution in [3.05, 3.63) is 12.4 Å². The standard InChI is InChI=1S/C14H26N4O2S/c1-12-6-4-3-5-7-14(12)17-21(19,20)13-10-16-18(11-13)9-8-15-2/h10-12,14-15,17H,3-9H2,1-2H3. The smallest absolute Gasteiger partial charge is 0.243 e. The van der Waals surface area contributed by atoms with Crippen LogP contribution in [0.3, 0.4) is 0 Å². The van der Waals surface area contributed by atoms with E-state index in [-0.39, 0.29) is 10.9 Å². The van der Waals surface area contributed by atoms with Crippen LogP contribution >= 0.6 is 0 Å². The molecule has 1 aliphatic carbocycles. The fourth-order valence-electron chi connectivity index (χ4n) is 2.77. The molecule has 7 heteroatoms. The SMILES string of the molecule is CNCCn1cc(S(=O)(=O)NC2CCCCCC2C)cn1. The highest BCUT2D eigenvalue weighted by Crippen LogP contribution is 2.24. The Kier molecular flexibility index (Phi) is 5.78. The summed E-state index contributed by atoms with van der Waals surface area (Å²) in [5.41, 5.74) is 0. The van der Waals surface area contributed by atoms with Gasteiger partial charge in [0, 0.05) is 18.8 Å². The number of rotatable bonds is 6. The molecule has 2 unspecified atom stereocenters. The summed E-state index contributed by atoms with van der Waals surface area (Å²) in [5, 5.41) is 7.12. The van der Waals surface area contributed by atoms with Gasteiger partial charge in [-0.2, -0.15) is 5.10 Å². The average molecular weight is 314 g/mol. The first-order valence-corrected chi connectivity index (χ1v) is 9.20. The van der Waals surface area contributed by atoms with Gasteiger partial charge in [0.05, 0.1) is 12.7 Å². The van der Waals surface area contributed by atoms with Gasteiger partial charge in [0.2, 0.25) is 10.0 Å². The monoisotopic (exact) mass is 314 g/mol. The Morgan fingerprint density at radius 1 is 1.33 bits per heavy atom. The van der Waals surface area contributed by atoms with Crippen LogP contribution in [-0.2, 0) is 16.6 Å². The minimum atomic E-state index is -3.47. The Bertz CT molecular complexity index is 541. The maximum Gasteiger partial charge on any atom is 0.243 e. The van der Waals surface area contributed by atoms with E-state index in [0.717, 1.165) is 25.8 Å². The van der Waals surface area contributed by atoms with E-state index in [1.165, 1.54) is 19.0 Å². The topological polar surface area (TPSA) is 76.0 Å².